The van der Waals surface area contributed by atoms with Gasteiger partial charge in [-0.05, 0) is 19.5 Å². The van der Waals surface area contributed by atoms with E-state index >= 15 is 0 Å². The van der Waals surface area contributed by atoms with Crippen LogP contribution in [0.4, 0.5) is 0 Å². The smallest absolute Gasteiger partial charge is 0.215 e. The highest BCUT2D eigenvalue weighted by Gasteiger charge is 2.06. The lowest BCUT2D eigenvalue weighted by atomic mass is 10.3. The molecule has 0 heterocycles. The van der Waals surface area contributed by atoms with Gasteiger partial charge in [-0.1, -0.05) is 18.7 Å². The molecule has 3 nitrogen and oxygen atoms in total. The van der Waals surface area contributed by atoms with Crippen molar-refractivity contribution in [1.29, 1.82) is 0 Å². The number of sulfonamides is 1. The van der Waals surface area contributed by atoms with E-state index in [9.17, 15) is 8.42 Å². The van der Waals surface area contributed by atoms with Crippen LogP contribution >= 0.6 is 0 Å². The van der Waals surface area contributed by atoms with Crippen LogP contribution in [-0.2, 0) is 10.0 Å². The highest BCUT2D eigenvalue weighted by molar-refractivity contribution is 7.89. The second-order valence-electron chi connectivity index (χ2n) is 2.03. The molecular formula is C7H13NO2S. The molecule has 0 atom stereocenters. The monoisotopic (exact) mass is 175 g/mol. The molecule has 64 valence electrons. The van der Waals surface area contributed by atoms with Gasteiger partial charge in [0.05, 0.1) is 5.75 Å². The summed E-state index contributed by atoms with van der Waals surface area (Å²) < 4.78 is 24.1. The fraction of sp³-hybridized carbons (Fsp3) is 0.429. The molecule has 0 rings (SSSR count). The van der Waals surface area contributed by atoms with Crippen LogP contribution in [0.2, 0.25) is 0 Å². The van der Waals surface area contributed by atoms with E-state index < -0.39 is 10.0 Å². The minimum atomic E-state index is -3.13. The molecule has 0 aliphatic rings. The molecule has 0 aromatic rings. The van der Waals surface area contributed by atoms with Crippen molar-refractivity contribution in [1.82, 2.24) is 4.72 Å². The normalized spacial score (nSPS) is 13.1. The quantitative estimate of drug-likeness (QED) is 0.638. The van der Waals surface area contributed by atoms with E-state index in [2.05, 4.69) is 11.3 Å². The van der Waals surface area contributed by atoms with Gasteiger partial charge in [0, 0.05) is 0 Å². The Labute approximate surface area is 67.9 Å². The Kier molecular flexibility index (Phi) is 4.07. The molecule has 0 aromatic carbocycles. The standard InChI is InChI=1S/C7H13NO2S/c1-4-7(5-2)6-11(9,10)8-3/h4-5,8H,1,6H2,2-3H3/b7-5+. The van der Waals surface area contributed by atoms with Gasteiger partial charge in [-0.25, -0.2) is 13.1 Å². The highest BCUT2D eigenvalue weighted by atomic mass is 32.2. The number of hydrogen-bond acceptors (Lipinski definition) is 2. The predicted octanol–water partition coefficient (Wildman–Crippen LogP) is 0.668. The van der Waals surface area contributed by atoms with Crippen molar-refractivity contribution < 1.29 is 8.42 Å². The molecule has 0 unspecified atom stereocenters. The van der Waals surface area contributed by atoms with Crippen molar-refractivity contribution in [3.63, 3.8) is 0 Å². The summed E-state index contributed by atoms with van der Waals surface area (Å²) in [6.45, 7) is 5.27. The van der Waals surface area contributed by atoms with Gasteiger partial charge in [0.2, 0.25) is 10.0 Å². The average molecular weight is 175 g/mol. The Balaban J connectivity index is 4.37. The van der Waals surface area contributed by atoms with Gasteiger partial charge in [0.25, 0.3) is 0 Å². The molecule has 0 aliphatic heterocycles. The van der Waals surface area contributed by atoms with Gasteiger partial charge in [0.15, 0.2) is 0 Å². The van der Waals surface area contributed by atoms with E-state index in [1.54, 1.807) is 13.0 Å². The first-order valence-electron chi connectivity index (χ1n) is 3.24. The fourth-order valence-electron chi connectivity index (χ4n) is 0.552. The number of allylic oxidation sites excluding steroid dienone is 2. The molecule has 11 heavy (non-hydrogen) atoms. The van der Waals surface area contributed by atoms with E-state index in [1.807, 2.05) is 0 Å². The molecule has 0 fully saturated rings. The zero-order valence-corrected chi connectivity index (χ0v) is 7.61. The van der Waals surface area contributed by atoms with Crippen LogP contribution in [0.15, 0.2) is 24.3 Å². The highest BCUT2D eigenvalue weighted by Crippen LogP contribution is 1.98. The first-order valence-corrected chi connectivity index (χ1v) is 4.89. The first kappa shape index (κ1) is 10.4. The molecule has 0 aliphatic carbocycles. The van der Waals surface area contributed by atoms with Crippen molar-refractivity contribution in [2.45, 2.75) is 6.92 Å². The molecule has 0 saturated carbocycles. The summed E-state index contributed by atoms with van der Waals surface area (Å²) >= 11 is 0. The molecule has 0 aromatic heterocycles. The van der Waals surface area contributed by atoms with Gasteiger partial charge in [-0.15, -0.1) is 0 Å². The van der Waals surface area contributed by atoms with Crippen LogP contribution in [0.3, 0.4) is 0 Å². The molecule has 4 heteroatoms. The van der Waals surface area contributed by atoms with Crippen molar-refractivity contribution >= 4 is 10.0 Å². The Hall–Kier alpha value is -0.610. The Morgan fingerprint density at radius 1 is 1.64 bits per heavy atom. The summed E-state index contributed by atoms with van der Waals surface area (Å²) in [4.78, 5) is 0. The SMILES string of the molecule is C=C/C(=C\C)CS(=O)(=O)NC. The summed E-state index contributed by atoms with van der Waals surface area (Å²) in [5.41, 5.74) is 0.708. The molecule has 0 amide bonds. The second-order valence-corrected chi connectivity index (χ2v) is 3.96. The maximum Gasteiger partial charge on any atom is 0.215 e. The molecule has 0 bridgehead atoms. The molecule has 0 saturated heterocycles. The third kappa shape index (κ3) is 3.95. The van der Waals surface area contributed by atoms with Crippen LogP contribution in [0, 0.1) is 0 Å². The summed E-state index contributed by atoms with van der Waals surface area (Å²) in [6.07, 6.45) is 3.26. The number of hydrogen-bond donors (Lipinski definition) is 1. The lowest BCUT2D eigenvalue weighted by molar-refractivity contribution is 0.590. The topological polar surface area (TPSA) is 46.2 Å². The average Bonchev–Trinajstić information content (AvgIpc) is 2.00. The van der Waals surface area contributed by atoms with Crippen LogP contribution in [0.25, 0.3) is 0 Å². The number of nitrogens with one attached hydrogen (secondary N) is 1. The van der Waals surface area contributed by atoms with E-state index in [0.717, 1.165) is 0 Å². The zero-order valence-electron chi connectivity index (χ0n) is 6.79. The Bertz CT molecular complexity index is 252. The van der Waals surface area contributed by atoms with E-state index in [0.29, 0.717) is 5.57 Å². The van der Waals surface area contributed by atoms with E-state index in [1.165, 1.54) is 13.1 Å². The van der Waals surface area contributed by atoms with Crippen molar-refractivity contribution in [2.24, 2.45) is 0 Å². The lowest BCUT2D eigenvalue weighted by Gasteiger charge is -2.01. The molecule has 0 radical (unpaired) electrons. The minimum Gasteiger partial charge on any atom is -0.218 e. The van der Waals surface area contributed by atoms with Crippen molar-refractivity contribution in [3.05, 3.63) is 24.3 Å². The van der Waals surface area contributed by atoms with Gasteiger partial charge in [-0.3, -0.25) is 0 Å². The maximum atomic E-state index is 10.9. The van der Waals surface area contributed by atoms with Crippen LogP contribution in [0.5, 0.6) is 0 Å². The van der Waals surface area contributed by atoms with Gasteiger partial charge < -0.3 is 0 Å². The zero-order chi connectivity index (χ0) is 8.91. The summed E-state index contributed by atoms with van der Waals surface area (Å²) in [7, 11) is -1.74. The van der Waals surface area contributed by atoms with Gasteiger partial charge in [0.1, 0.15) is 0 Å². The van der Waals surface area contributed by atoms with Crippen LogP contribution in [0.1, 0.15) is 6.92 Å². The number of rotatable bonds is 4. The minimum absolute atomic E-state index is 0.00347. The van der Waals surface area contributed by atoms with Gasteiger partial charge in [-0.2, -0.15) is 0 Å². The summed E-state index contributed by atoms with van der Waals surface area (Å²) in [5.74, 6) is 0.00347. The summed E-state index contributed by atoms with van der Waals surface area (Å²) in [5, 5.41) is 0. The largest absolute Gasteiger partial charge is 0.218 e. The Morgan fingerprint density at radius 2 is 2.18 bits per heavy atom. The van der Waals surface area contributed by atoms with Gasteiger partial charge >= 0.3 is 0 Å². The lowest BCUT2D eigenvalue weighted by Crippen LogP contribution is -2.22. The maximum absolute atomic E-state index is 10.9. The second kappa shape index (κ2) is 4.31. The van der Waals surface area contributed by atoms with E-state index in [-0.39, 0.29) is 5.75 Å². The predicted molar refractivity (Wildman–Crippen MR) is 46.8 cm³/mol. The fourth-order valence-corrected chi connectivity index (χ4v) is 1.42. The third-order valence-electron chi connectivity index (χ3n) is 1.30. The first-order chi connectivity index (χ1) is 5.05. The molecular weight excluding hydrogens is 162 g/mol. The third-order valence-corrected chi connectivity index (χ3v) is 2.64. The van der Waals surface area contributed by atoms with E-state index in [4.69, 9.17) is 0 Å². The van der Waals surface area contributed by atoms with Crippen LogP contribution in [-0.4, -0.2) is 21.2 Å². The molecule has 1 N–H and O–H groups in total. The Morgan fingerprint density at radius 3 is 2.45 bits per heavy atom. The van der Waals surface area contributed by atoms with Crippen LogP contribution < -0.4 is 4.72 Å². The summed E-state index contributed by atoms with van der Waals surface area (Å²) in [6, 6.07) is 0. The van der Waals surface area contributed by atoms with Crippen molar-refractivity contribution in [2.75, 3.05) is 12.8 Å². The van der Waals surface area contributed by atoms with Crippen molar-refractivity contribution in [3.8, 4) is 0 Å². The molecule has 0 spiro atoms.